The van der Waals surface area contributed by atoms with Gasteiger partial charge in [0.1, 0.15) is 11.3 Å². The van der Waals surface area contributed by atoms with Crippen LogP contribution in [-0.4, -0.2) is 33.0 Å². The van der Waals surface area contributed by atoms with Crippen molar-refractivity contribution in [2.24, 2.45) is 0 Å². The largest absolute Gasteiger partial charge is 0.478 e. The maximum Gasteiger partial charge on any atom is 0.339 e. The standard InChI is InChI=1S/C13H13F2N3O3/c1-7-11(13(20)21)8(5-16-7)17-12(19)9-3-2-4-18(9)6-10(14)15/h2-5,10,16H,6H2,1H3,(H,17,19)(H,20,21). The number of nitrogens with zero attached hydrogens (tertiary/aromatic N) is 1. The fourth-order valence-corrected chi connectivity index (χ4v) is 2.02. The van der Waals surface area contributed by atoms with Gasteiger partial charge in [0.05, 0.1) is 12.2 Å². The van der Waals surface area contributed by atoms with Gasteiger partial charge in [-0.15, -0.1) is 0 Å². The van der Waals surface area contributed by atoms with Crippen LogP contribution in [0.1, 0.15) is 26.5 Å². The third kappa shape index (κ3) is 3.10. The lowest BCUT2D eigenvalue weighted by molar-refractivity contribution is 0.0697. The maximum atomic E-state index is 12.4. The molecule has 0 spiro atoms. The molecule has 0 fully saturated rings. The topological polar surface area (TPSA) is 87.1 Å². The minimum Gasteiger partial charge on any atom is -0.478 e. The minimum atomic E-state index is -2.59. The van der Waals surface area contributed by atoms with Crippen LogP contribution in [-0.2, 0) is 6.54 Å². The van der Waals surface area contributed by atoms with E-state index >= 15 is 0 Å². The number of aryl methyl sites for hydroxylation is 1. The Balaban J connectivity index is 2.23. The highest BCUT2D eigenvalue weighted by molar-refractivity contribution is 6.07. The van der Waals surface area contributed by atoms with Crippen molar-refractivity contribution < 1.29 is 23.5 Å². The number of carbonyl (C=O) groups is 2. The average molecular weight is 297 g/mol. The van der Waals surface area contributed by atoms with Crippen LogP contribution in [0.2, 0.25) is 0 Å². The number of aromatic amines is 1. The van der Waals surface area contributed by atoms with Gasteiger partial charge in [-0.1, -0.05) is 0 Å². The molecule has 0 saturated carbocycles. The SMILES string of the molecule is Cc1[nH]cc(NC(=O)c2cccn2CC(F)F)c1C(=O)O. The van der Waals surface area contributed by atoms with E-state index in [4.69, 9.17) is 5.11 Å². The first-order valence-corrected chi connectivity index (χ1v) is 6.06. The fourth-order valence-electron chi connectivity index (χ4n) is 2.02. The zero-order valence-electron chi connectivity index (χ0n) is 11.1. The van der Waals surface area contributed by atoms with E-state index < -0.39 is 24.8 Å². The molecule has 2 aromatic rings. The molecule has 21 heavy (non-hydrogen) atoms. The Morgan fingerprint density at radius 2 is 2.19 bits per heavy atom. The molecule has 0 radical (unpaired) electrons. The Labute approximate surface area is 118 Å². The number of nitrogens with one attached hydrogen (secondary N) is 2. The molecule has 0 aliphatic rings. The normalized spacial score (nSPS) is 10.9. The number of carboxylic acid groups (broad SMARTS) is 1. The average Bonchev–Trinajstić information content (AvgIpc) is 2.95. The number of aromatic carboxylic acids is 1. The summed E-state index contributed by atoms with van der Waals surface area (Å²) in [5, 5.41) is 11.5. The van der Waals surface area contributed by atoms with Gasteiger partial charge in [-0.2, -0.15) is 0 Å². The Kier molecular flexibility index (Phi) is 4.06. The summed E-state index contributed by atoms with van der Waals surface area (Å²) < 4.78 is 25.9. The van der Waals surface area contributed by atoms with Crippen molar-refractivity contribution in [3.8, 4) is 0 Å². The molecule has 3 N–H and O–H groups in total. The second kappa shape index (κ2) is 5.78. The second-order valence-corrected chi connectivity index (χ2v) is 4.40. The van der Waals surface area contributed by atoms with Crippen LogP contribution >= 0.6 is 0 Å². The van der Waals surface area contributed by atoms with Crippen LogP contribution in [0.3, 0.4) is 0 Å². The first-order chi connectivity index (χ1) is 9.90. The number of H-pyrrole nitrogens is 1. The van der Waals surface area contributed by atoms with Crippen molar-refractivity contribution in [3.63, 3.8) is 0 Å². The zero-order valence-corrected chi connectivity index (χ0v) is 11.1. The van der Waals surface area contributed by atoms with Gasteiger partial charge >= 0.3 is 5.97 Å². The van der Waals surface area contributed by atoms with Gasteiger partial charge in [-0.25, -0.2) is 13.6 Å². The van der Waals surface area contributed by atoms with E-state index in [1.807, 2.05) is 0 Å². The van der Waals surface area contributed by atoms with Gasteiger partial charge in [-0.05, 0) is 19.1 Å². The minimum absolute atomic E-state index is 0.0329. The van der Waals surface area contributed by atoms with Gasteiger partial charge in [0.15, 0.2) is 0 Å². The van der Waals surface area contributed by atoms with E-state index in [-0.39, 0.29) is 16.9 Å². The first kappa shape index (κ1) is 14.8. The van der Waals surface area contributed by atoms with Gasteiger partial charge in [0, 0.05) is 18.1 Å². The smallest absolute Gasteiger partial charge is 0.339 e. The number of carboxylic acids is 1. The fraction of sp³-hybridized carbons (Fsp3) is 0.231. The number of halogens is 2. The predicted octanol–water partition coefficient (Wildman–Crippen LogP) is 2.34. The highest BCUT2D eigenvalue weighted by Crippen LogP contribution is 2.20. The molecule has 0 unspecified atom stereocenters. The van der Waals surface area contributed by atoms with E-state index in [1.54, 1.807) is 6.92 Å². The van der Waals surface area contributed by atoms with Crippen molar-refractivity contribution in [2.45, 2.75) is 19.9 Å². The lowest BCUT2D eigenvalue weighted by Gasteiger charge is -2.09. The van der Waals surface area contributed by atoms with Crippen LogP contribution in [0, 0.1) is 6.92 Å². The van der Waals surface area contributed by atoms with Gasteiger partial charge < -0.3 is 20.0 Å². The van der Waals surface area contributed by atoms with E-state index in [0.717, 1.165) is 4.57 Å². The molecule has 0 atom stereocenters. The summed E-state index contributed by atoms with van der Waals surface area (Å²) in [6, 6.07) is 2.86. The Morgan fingerprint density at radius 1 is 1.48 bits per heavy atom. The van der Waals surface area contributed by atoms with Gasteiger partial charge in [0.2, 0.25) is 0 Å². The molecule has 8 heteroatoms. The predicted molar refractivity (Wildman–Crippen MR) is 70.9 cm³/mol. The van der Waals surface area contributed by atoms with Crippen molar-refractivity contribution in [1.29, 1.82) is 0 Å². The molecular formula is C13H13F2N3O3. The van der Waals surface area contributed by atoms with E-state index in [9.17, 15) is 18.4 Å². The monoisotopic (exact) mass is 297 g/mol. The summed E-state index contributed by atoms with van der Waals surface area (Å²) in [4.78, 5) is 25.9. The molecule has 0 saturated heterocycles. The van der Waals surface area contributed by atoms with Crippen molar-refractivity contribution in [3.05, 3.63) is 41.5 Å². The number of carbonyl (C=O) groups excluding carboxylic acids is 1. The van der Waals surface area contributed by atoms with E-state index in [0.29, 0.717) is 5.69 Å². The highest BCUT2D eigenvalue weighted by atomic mass is 19.3. The summed E-state index contributed by atoms with van der Waals surface area (Å²) in [6.45, 7) is 0.951. The zero-order chi connectivity index (χ0) is 15.6. The van der Waals surface area contributed by atoms with Crippen LogP contribution in [0.4, 0.5) is 14.5 Å². The number of rotatable bonds is 5. The maximum absolute atomic E-state index is 12.4. The number of alkyl halides is 2. The lowest BCUT2D eigenvalue weighted by atomic mass is 10.2. The molecule has 112 valence electrons. The summed E-state index contributed by atoms with van der Waals surface area (Å²) in [5.41, 5.74) is 0.455. The Morgan fingerprint density at radius 3 is 2.81 bits per heavy atom. The Bertz CT molecular complexity index is 676. The van der Waals surface area contributed by atoms with Crippen molar-refractivity contribution in [1.82, 2.24) is 9.55 Å². The van der Waals surface area contributed by atoms with Crippen LogP contribution in [0.5, 0.6) is 0 Å². The van der Waals surface area contributed by atoms with Crippen LogP contribution in [0.15, 0.2) is 24.5 Å². The molecular weight excluding hydrogens is 284 g/mol. The van der Waals surface area contributed by atoms with Crippen LogP contribution < -0.4 is 5.32 Å². The molecule has 0 bridgehead atoms. The summed E-state index contributed by atoms with van der Waals surface area (Å²) in [5.74, 6) is -1.84. The third-order valence-electron chi connectivity index (χ3n) is 2.94. The molecule has 1 amide bonds. The van der Waals surface area contributed by atoms with Crippen molar-refractivity contribution >= 4 is 17.6 Å². The lowest BCUT2D eigenvalue weighted by Crippen LogP contribution is -2.19. The Hall–Kier alpha value is -2.64. The molecule has 6 nitrogen and oxygen atoms in total. The molecule has 2 rings (SSSR count). The molecule has 2 aromatic heterocycles. The molecule has 0 aromatic carbocycles. The third-order valence-corrected chi connectivity index (χ3v) is 2.94. The number of aromatic nitrogens is 2. The summed E-state index contributed by atoms with van der Waals surface area (Å²) in [7, 11) is 0. The summed E-state index contributed by atoms with van der Waals surface area (Å²) >= 11 is 0. The van der Waals surface area contributed by atoms with E-state index in [2.05, 4.69) is 10.3 Å². The molecule has 2 heterocycles. The van der Waals surface area contributed by atoms with Crippen molar-refractivity contribution in [2.75, 3.05) is 5.32 Å². The van der Waals surface area contributed by atoms with Gasteiger partial charge in [0.25, 0.3) is 12.3 Å². The molecule has 0 aliphatic heterocycles. The van der Waals surface area contributed by atoms with Gasteiger partial charge in [-0.3, -0.25) is 4.79 Å². The molecule has 0 aliphatic carbocycles. The van der Waals surface area contributed by atoms with Crippen LogP contribution in [0.25, 0.3) is 0 Å². The number of hydrogen-bond acceptors (Lipinski definition) is 2. The highest BCUT2D eigenvalue weighted by Gasteiger charge is 2.19. The van der Waals surface area contributed by atoms with E-state index in [1.165, 1.54) is 24.5 Å². The summed E-state index contributed by atoms with van der Waals surface area (Å²) in [6.07, 6.45) is 0.117. The quantitative estimate of drug-likeness (QED) is 0.791. The second-order valence-electron chi connectivity index (χ2n) is 4.40. The number of hydrogen-bond donors (Lipinski definition) is 3. The number of amides is 1. The first-order valence-electron chi connectivity index (χ1n) is 6.06. The number of anilines is 1.